The van der Waals surface area contributed by atoms with Gasteiger partial charge in [-0.15, -0.1) is 0 Å². The fourth-order valence-electron chi connectivity index (χ4n) is 2.20. The van der Waals surface area contributed by atoms with Gasteiger partial charge in [-0.2, -0.15) is 0 Å². The van der Waals surface area contributed by atoms with E-state index in [0.717, 1.165) is 16.8 Å². The minimum absolute atomic E-state index is 0.135. The van der Waals surface area contributed by atoms with Crippen molar-refractivity contribution in [3.8, 4) is 0 Å². The van der Waals surface area contributed by atoms with Crippen molar-refractivity contribution >= 4 is 17.5 Å². The lowest BCUT2D eigenvalue weighted by atomic mass is 9.98. The van der Waals surface area contributed by atoms with Crippen LogP contribution in [0, 0.1) is 6.92 Å². The van der Waals surface area contributed by atoms with Crippen molar-refractivity contribution < 1.29 is 9.59 Å². The minimum Gasteiger partial charge on any atom is -0.364 e. The van der Waals surface area contributed by atoms with Gasteiger partial charge in [0.05, 0.1) is 5.56 Å². The molecule has 1 aromatic heterocycles. The average molecular weight is 297 g/mol. The number of primary amides is 1. The highest BCUT2D eigenvalue weighted by molar-refractivity contribution is 6.05. The van der Waals surface area contributed by atoms with E-state index in [1.54, 1.807) is 0 Å². The van der Waals surface area contributed by atoms with Crippen LogP contribution in [-0.4, -0.2) is 16.8 Å². The minimum atomic E-state index is -0.618. The van der Waals surface area contributed by atoms with Crippen molar-refractivity contribution in [2.75, 3.05) is 5.32 Å². The van der Waals surface area contributed by atoms with Gasteiger partial charge in [-0.1, -0.05) is 32.0 Å². The Kier molecular flexibility index (Phi) is 4.56. The molecule has 0 saturated carbocycles. The molecule has 2 aromatic rings. The second-order valence-electron chi connectivity index (χ2n) is 5.44. The van der Waals surface area contributed by atoms with Crippen LogP contribution in [0.4, 0.5) is 5.69 Å². The Bertz CT molecular complexity index is 706. The smallest absolute Gasteiger partial charge is 0.267 e. The summed E-state index contributed by atoms with van der Waals surface area (Å²) in [5.74, 6) is -0.585. The normalized spacial score (nSPS) is 10.5. The van der Waals surface area contributed by atoms with Crippen LogP contribution in [0.25, 0.3) is 0 Å². The molecule has 0 radical (unpaired) electrons. The number of aromatic nitrogens is 1. The standard InChI is InChI=1S/C17H19N3O2/c1-10(2)13-6-4-5-11(3)15(13)20-17(22)12-7-8-14(16(18)21)19-9-12/h4-10H,1-3H3,(H2,18,21)(H,20,22). The molecule has 5 nitrogen and oxygen atoms in total. The van der Waals surface area contributed by atoms with Crippen molar-refractivity contribution in [1.29, 1.82) is 0 Å². The highest BCUT2D eigenvalue weighted by Crippen LogP contribution is 2.27. The Morgan fingerprint density at radius 1 is 1.18 bits per heavy atom. The number of hydrogen-bond acceptors (Lipinski definition) is 3. The number of rotatable bonds is 4. The largest absolute Gasteiger partial charge is 0.364 e. The predicted octanol–water partition coefficient (Wildman–Crippen LogP) is 2.86. The zero-order valence-corrected chi connectivity index (χ0v) is 12.9. The molecule has 0 aliphatic rings. The number of nitrogens with two attached hydrogens (primary N) is 1. The Balaban J connectivity index is 2.27. The van der Waals surface area contributed by atoms with Crippen molar-refractivity contribution in [3.63, 3.8) is 0 Å². The summed E-state index contributed by atoms with van der Waals surface area (Å²) in [5.41, 5.74) is 8.55. The van der Waals surface area contributed by atoms with Crippen molar-refractivity contribution in [2.45, 2.75) is 26.7 Å². The Hall–Kier alpha value is -2.69. The second kappa shape index (κ2) is 6.39. The summed E-state index contributed by atoms with van der Waals surface area (Å²) in [6.45, 7) is 6.11. The Morgan fingerprint density at radius 2 is 1.91 bits per heavy atom. The molecule has 114 valence electrons. The van der Waals surface area contributed by atoms with Gasteiger partial charge in [0.1, 0.15) is 5.69 Å². The van der Waals surface area contributed by atoms with Gasteiger partial charge in [-0.05, 0) is 36.1 Å². The highest BCUT2D eigenvalue weighted by Gasteiger charge is 2.14. The van der Waals surface area contributed by atoms with Crippen LogP contribution in [0.1, 0.15) is 51.7 Å². The van der Waals surface area contributed by atoms with Crippen LogP contribution < -0.4 is 11.1 Å². The number of nitrogens with zero attached hydrogens (tertiary/aromatic N) is 1. The molecule has 0 aliphatic heterocycles. The molecule has 0 bridgehead atoms. The Labute approximate surface area is 129 Å². The number of hydrogen-bond donors (Lipinski definition) is 2. The molecule has 5 heteroatoms. The van der Waals surface area contributed by atoms with E-state index in [9.17, 15) is 9.59 Å². The van der Waals surface area contributed by atoms with Gasteiger partial charge in [0.2, 0.25) is 0 Å². The van der Waals surface area contributed by atoms with Gasteiger partial charge in [0, 0.05) is 11.9 Å². The number of nitrogens with one attached hydrogen (secondary N) is 1. The molecule has 3 N–H and O–H groups in total. The lowest BCUT2D eigenvalue weighted by molar-refractivity contribution is 0.0990. The first-order chi connectivity index (χ1) is 10.4. The number of amides is 2. The number of carbonyl (C=O) groups is 2. The first kappa shape index (κ1) is 15.7. The molecule has 0 unspecified atom stereocenters. The second-order valence-corrected chi connectivity index (χ2v) is 5.44. The van der Waals surface area contributed by atoms with Gasteiger partial charge >= 0.3 is 0 Å². The monoisotopic (exact) mass is 297 g/mol. The number of para-hydroxylation sites is 1. The van der Waals surface area contributed by atoms with E-state index in [1.165, 1.54) is 18.3 Å². The SMILES string of the molecule is Cc1cccc(C(C)C)c1NC(=O)c1ccc(C(N)=O)nc1. The van der Waals surface area contributed by atoms with E-state index in [1.807, 2.05) is 25.1 Å². The summed E-state index contributed by atoms with van der Waals surface area (Å²) < 4.78 is 0. The average Bonchev–Trinajstić information content (AvgIpc) is 2.49. The van der Waals surface area contributed by atoms with Gasteiger partial charge in [-0.3, -0.25) is 14.6 Å². The molecular weight excluding hydrogens is 278 g/mol. The lowest BCUT2D eigenvalue weighted by Crippen LogP contribution is -2.17. The molecule has 22 heavy (non-hydrogen) atoms. The number of anilines is 1. The van der Waals surface area contributed by atoms with Gasteiger partial charge in [0.25, 0.3) is 11.8 Å². The summed E-state index contributed by atoms with van der Waals surface area (Å²) in [6.07, 6.45) is 1.35. The summed E-state index contributed by atoms with van der Waals surface area (Å²) in [7, 11) is 0. The third-order valence-corrected chi connectivity index (χ3v) is 3.44. The van der Waals surface area contributed by atoms with E-state index in [-0.39, 0.29) is 11.6 Å². The van der Waals surface area contributed by atoms with Crippen molar-refractivity contribution in [2.24, 2.45) is 5.73 Å². The summed E-state index contributed by atoms with van der Waals surface area (Å²) in [4.78, 5) is 27.2. The van der Waals surface area contributed by atoms with Crippen LogP contribution in [0.15, 0.2) is 36.5 Å². The third-order valence-electron chi connectivity index (χ3n) is 3.44. The number of aryl methyl sites for hydroxylation is 1. The fraction of sp³-hybridized carbons (Fsp3) is 0.235. The maximum Gasteiger partial charge on any atom is 0.267 e. The number of carbonyl (C=O) groups excluding carboxylic acids is 2. The van der Waals surface area contributed by atoms with Crippen molar-refractivity contribution in [1.82, 2.24) is 4.98 Å². The van der Waals surface area contributed by atoms with E-state index in [2.05, 4.69) is 24.1 Å². The lowest BCUT2D eigenvalue weighted by Gasteiger charge is -2.16. The molecule has 0 saturated heterocycles. The van der Waals surface area contributed by atoms with Crippen molar-refractivity contribution in [3.05, 3.63) is 58.9 Å². The van der Waals surface area contributed by atoms with E-state index in [0.29, 0.717) is 11.5 Å². The van der Waals surface area contributed by atoms with Gasteiger partial charge < -0.3 is 11.1 Å². The quantitative estimate of drug-likeness (QED) is 0.910. The van der Waals surface area contributed by atoms with Crippen LogP contribution in [0.5, 0.6) is 0 Å². The molecule has 0 aliphatic carbocycles. The summed E-state index contributed by atoms with van der Waals surface area (Å²) in [5, 5.41) is 2.93. The highest BCUT2D eigenvalue weighted by atomic mass is 16.2. The molecular formula is C17H19N3O2. The molecule has 0 spiro atoms. The topological polar surface area (TPSA) is 85.1 Å². The van der Waals surface area contributed by atoms with E-state index in [4.69, 9.17) is 5.73 Å². The van der Waals surface area contributed by atoms with Crippen LogP contribution in [-0.2, 0) is 0 Å². The van der Waals surface area contributed by atoms with Gasteiger partial charge in [-0.25, -0.2) is 0 Å². The molecule has 2 amide bonds. The Morgan fingerprint density at radius 3 is 2.45 bits per heavy atom. The van der Waals surface area contributed by atoms with Crippen LogP contribution in [0.2, 0.25) is 0 Å². The maximum absolute atomic E-state index is 12.4. The van der Waals surface area contributed by atoms with Gasteiger partial charge in [0.15, 0.2) is 0 Å². The first-order valence-corrected chi connectivity index (χ1v) is 7.07. The zero-order chi connectivity index (χ0) is 16.3. The number of pyridine rings is 1. The molecule has 2 rings (SSSR count). The first-order valence-electron chi connectivity index (χ1n) is 7.07. The van der Waals surface area contributed by atoms with E-state index >= 15 is 0 Å². The molecule has 1 heterocycles. The number of benzene rings is 1. The van der Waals surface area contributed by atoms with Crippen LogP contribution >= 0.6 is 0 Å². The maximum atomic E-state index is 12.4. The molecule has 0 atom stereocenters. The summed E-state index contributed by atoms with van der Waals surface area (Å²) in [6, 6.07) is 8.91. The summed E-state index contributed by atoms with van der Waals surface area (Å²) >= 11 is 0. The zero-order valence-electron chi connectivity index (χ0n) is 12.9. The predicted molar refractivity (Wildman–Crippen MR) is 86.0 cm³/mol. The fourth-order valence-corrected chi connectivity index (χ4v) is 2.20. The molecule has 1 aromatic carbocycles. The van der Waals surface area contributed by atoms with Crippen LogP contribution in [0.3, 0.4) is 0 Å². The molecule has 0 fully saturated rings. The van der Waals surface area contributed by atoms with E-state index < -0.39 is 5.91 Å². The third kappa shape index (κ3) is 3.31.